The first-order chi connectivity index (χ1) is 11.7. The molecule has 1 aliphatic heterocycles. The first kappa shape index (κ1) is 19.4. The summed E-state index contributed by atoms with van der Waals surface area (Å²) < 4.78 is 15.4. The fourth-order valence-corrected chi connectivity index (χ4v) is 2.82. The molecule has 25 heavy (non-hydrogen) atoms. The number of carbonyl (C=O) groups excluding carboxylic acids is 1. The van der Waals surface area contributed by atoms with Crippen LogP contribution in [0, 0.1) is 5.82 Å². The first-order valence-corrected chi connectivity index (χ1v) is 8.09. The number of nitrogens with zero attached hydrogens (tertiary/aromatic N) is 2. The Morgan fingerprint density at radius 3 is 2.96 bits per heavy atom. The smallest absolute Gasteiger partial charge is 0.272 e. The second-order valence-corrected chi connectivity index (χ2v) is 5.95. The molecule has 3 N–H and O–H groups in total. The SMILES string of the molecule is Cl.O=C(NCc1ccc(CO)c(F)c1)c1ccn(C2CCCNC2)n1. The van der Waals surface area contributed by atoms with Crippen molar-refractivity contribution in [1.29, 1.82) is 0 Å². The van der Waals surface area contributed by atoms with Gasteiger partial charge in [0.15, 0.2) is 0 Å². The molecule has 0 aliphatic carbocycles. The van der Waals surface area contributed by atoms with Crippen LogP contribution >= 0.6 is 12.4 Å². The van der Waals surface area contributed by atoms with Crippen molar-refractivity contribution < 1.29 is 14.3 Å². The predicted octanol–water partition coefficient (Wildman–Crippen LogP) is 1.79. The highest BCUT2D eigenvalue weighted by Crippen LogP contribution is 2.16. The van der Waals surface area contributed by atoms with E-state index in [4.69, 9.17) is 5.11 Å². The molecule has 1 aromatic carbocycles. The van der Waals surface area contributed by atoms with Gasteiger partial charge in [0.25, 0.3) is 5.91 Å². The van der Waals surface area contributed by atoms with Crippen molar-refractivity contribution in [2.75, 3.05) is 13.1 Å². The lowest BCUT2D eigenvalue weighted by atomic mass is 10.1. The van der Waals surface area contributed by atoms with E-state index in [0.29, 0.717) is 11.3 Å². The van der Waals surface area contributed by atoms with Gasteiger partial charge in [-0.3, -0.25) is 9.48 Å². The van der Waals surface area contributed by atoms with Gasteiger partial charge in [0.1, 0.15) is 11.5 Å². The lowest BCUT2D eigenvalue weighted by Crippen LogP contribution is -2.32. The number of carbonyl (C=O) groups is 1. The van der Waals surface area contributed by atoms with Crippen molar-refractivity contribution in [2.24, 2.45) is 0 Å². The van der Waals surface area contributed by atoms with Crippen molar-refractivity contribution in [3.8, 4) is 0 Å². The molecular weight excluding hydrogens is 347 g/mol. The Labute approximate surface area is 151 Å². The molecule has 1 aromatic heterocycles. The van der Waals surface area contributed by atoms with Crippen LogP contribution in [0.15, 0.2) is 30.5 Å². The van der Waals surface area contributed by atoms with E-state index in [9.17, 15) is 9.18 Å². The predicted molar refractivity (Wildman–Crippen MR) is 94.1 cm³/mol. The molecule has 1 saturated heterocycles. The fourth-order valence-electron chi connectivity index (χ4n) is 2.82. The van der Waals surface area contributed by atoms with Gasteiger partial charge in [-0.15, -0.1) is 12.4 Å². The summed E-state index contributed by atoms with van der Waals surface area (Å²) in [5.41, 5.74) is 1.23. The number of amides is 1. The Morgan fingerprint density at radius 1 is 1.44 bits per heavy atom. The van der Waals surface area contributed by atoms with Gasteiger partial charge in [-0.05, 0) is 37.1 Å². The molecule has 136 valence electrons. The summed E-state index contributed by atoms with van der Waals surface area (Å²) in [4.78, 5) is 12.2. The second kappa shape index (κ2) is 8.94. The van der Waals surface area contributed by atoms with E-state index < -0.39 is 5.82 Å². The summed E-state index contributed by atoms with van der Waals surface area (Å²) in [5.74, 6) is -0.762. The zero-order valence-corrected chi connectivity index (χ0v) is 14.6. The number of aliphatic hydroxyl groups is 1. The van der Waals surface area contributed by atoms with Crippen LogP contribution in [-0.4, -0.2) is 33.9 Å². The number of halogens is 2. The molecule has 0 saturated carbocycles. The van der Waals surface area contributed by atoms with E-state index in [1.807, 2.05) is 10.9 Å². The number of rotatable bonds is 5. The largest absolute Gasteiger partial charge is 0.392 e. The van der Waals surface area contributed by atoms with Crippen LogP contribution in [-0.2, 0) is 13.2 Å². The van der Waals surface area contributed by atoms with Gasteiger partial charge in [-0.25, -0.2) is 4.39 Å². The van der Waals surface area contributed by atoms with Crippen molar-refractivity contribution in [3.05, 3.63) is 53.1 Å². The molecule has 3 rings (SSSR count). The van der Waals surface area contributed by atoms with E-state index in [-0.39, 0.29) is 43.1 Å². The number of nitrogens with one attached hydrogen (secondary N) is 2. The molecule has 2 aromatic rings. The van der Waals surface area contributed by atoms with Gasteiger partial charge in [-0.2, -0.15) is 5.10 Å². The molecule has 6 nitrogen and oxygen atoms in total. The highest BCUT2D eigenvalue weighted by Gasteiger charge is 2.17. The Bertz CT molecular complexity index is 716. The Kier molecular flexibility index (Phi) is 6.92. The average Bonchev–Trinajstić information content (AvgIpc) is 3.11. The van der Waals surface area contributed by atoms with Gasteiger partial charge in [0, 0.05) is 24.8 Å². The van der Waals surface area contributed by atoms with E-state index in [1.165, 1.54) is 12.1 Å². The molecule has 2 heterocycles. The molecule has 0 spiro atoms. The number of benzene rings is 1. The minimum absolute atomic E-state index is 0. The van der Waals surface area contributed by atoms with E-state index in [2.05, 4.69) is 15.7 Å². The van der Waals surface area contributed by atoms with Crippen LogP contribution in [0.5, 0.6) is 0 Å². The minimum Gasteiger partial charge on any atom is -0.392 e. The quantitative estimate of drug-likeness (QED) is 0.751. The van der Waals surface area contributed by atoms with Crippen molar-refractivity contribution in [2.45, 2.75) is 32.0 Å². The van der Waals surface area contributed by atoms with Crippen molar-refractivity contribution >= 4 is 18.3 Å². The van der Waals surface area contributed by atoms with Gasteiger partial charge < -0.3 is 15.7 Å². The molecule has 1 unspecified atom stereocenters. The number of hydrogen-bond acceptors (Lipinski definition) is 4. The number of aromatic nitrogens is 2. The summed E-state index contributed by atoms with van der Waals surface area (Å²) in [6.07, 6.45) is 3.97. The number of piperidine rings is 1. The molecule has 1 aliphatic rings. The van der Waals surface area contributed by atoms with Crippen molar-refractivity contribution in [3.63, 3.8) is 0 Å². The Morgan fingerprint density at radius 2 is 2.28 bits per heavy atom. The van der Waals surface area contributed by atoms with Crippen LogP contribution in [0.1, 0.15) is 40.5 Å². The molecule has 0 bridgehead atoms. The Hall–Kier alpha value is -1.96. The lowest BCUT2D eigenvalue weighted by Gasteiger charge is -2.22. The maximum atomic E-state index is 13.6. The molecule has 1 atom stereocenters. The standard InChI is InChI=1S/C17H21FN4O2.ClH/c18-15-8-12(3-4-13(15)11-23)9-20-17(24)16-5-7-22(21-16)14-2-1-6-19-10-14;/h3-5,7-8,14,19,23H,1-2,6,9-11H2,(H,20,24);1H. The fraction of sp³-hybridized carbons (Fsp3) is 0.412. The van der Waals surface area contributed by atoms with Gasteiger partial charge >= 0.3 is 0 Å². The zero-order valence-electron chi connectivity index (χ0n) is 13.7. The zero-order chi connectivity index (χ0) is 16.9. The maximum absolute atomic E-state index is 13.6. The third kappa shape index (κ3) is 4.78. The summed E-state index contributed by atoms with van der Waals surface area (Å²) in [5, 5.41) is 19.4. The number of hydrogen-bond donors (Lipinski definition) is 3. The summed E-state index contributed by atoms with van der Waals surface area (Å²) in [6, 6.07) is 6.49. The molecular formula is C17H22ClFN4O2. The van der Waals surface area contributed by atoms with Crippen LogP contribution in [0.25, 0.3) is 0 Å². The molecule has 1 amide bonds. The minimum atomic E-state index is -0.474. The summed E-state index contributed by atoms with van der Waals surface area (Å²) in [6.45, 7) is 1.75. The van der Waals surface area contributed by atoms with Crippen molar-refractivity contribution in [1.82, 2.24) is 20.4 Å². The van der Waals surface area contributed by atoms with Gasteiger partial charge in [0.05, 0.1) is 12.6 Å². The summed E-state index contributed by atoms with van der Waals surface area (Å²) in [7, 11) is 0. The highest BCUT2D eigenvalue weighted by molar-refractivity contribution is 5.92. The highest BCUT2D eigenvalue weighted by atomic mass is 35.5. The maximum Gasteiger partial charge on any atom is 0.272 e. The first-order valence-electron chi connectivity index (χ1n) is 8.09. The van der Waals surface area contributed by atoms with E-state index >= 15 is 0 Å². The normalized spacial score (nSPS) is 17.0. The third-order valence-corrected chi connectivity index (χ3v) is 4.23. The number of aliphatic hydroxyl groups excluding tert-OH is 1. The van der Waals surface area contributed by atoms with Gasteiger partial charge in [0.2, 0.25) is 0 Å². The Balaban J connectivity index is 0.00000225. The van der Waals surface area contributed by atoms with Crippen LogP contribution in [0.3, 0.4) is 0 Å². The molecule has 8 heteroatoms. The summed E-state index contributed by atoms with van der Waals surface area (Å²) >= 11 is 0. The average molecular weight is 369 g/mol. The van der Waals surface area contributed by atoms with Crippen LogP contribution in [0.4, 0.5) is 4.39 Å². The van der Waals surface area contributed by atoms with Crippen LogP contribution < -0.4 is 10.6 Å². The topological polar surface area (TPSA) is 79.2 Å². The second-order valence-electron chi connectivity index (χ2n) is 5.95. The lowest BCUT2D eigenvalue weighted by molar-refractivity contribution is 0.0944. The van der Waals surface area contributed by atoms with Crippen LogP contribution in [0.2, 0.25) is 0 Å². The van der Waals surface area contributed by atoms with E-state index in [1.54, 1.807) is 12.1 Å². The monoisotopic (exact) mass is 368 g/mol. The third-order valence-electron chi connectivity index (χ3n) is 4.23. The van der Waals surface area contributed by atoms with E-state index in [0.717, 1.165) is 25.9 Å². The molecule has 0 radical (unpaired) electrons. The molecule has 1 fully saturated rings. The van der Waals surface area contributed by atoms with Gasteiger partial charge in [-0.1, -0.05) is 12.1 Å².